The van der Waals surface area contributed by atoms with E-state index in [0.29, 0.717) is 10.9 Å². The highest BCUT2D eigenvalue weighted by atomic mass is 35.5. The van der Waals surface area contributed by atoms with E-state index in [1.165, 1.54) is 23.1 Å². The second kappa shape index (κ2) is 8.07. The number of allylic oxidation sites excluding steroid dienone is 1. The Balaban J connectivity index is 1.58. The number of benzene rings is 1. The SMILES string of the molecule is CC1(C)C(C=C(Cl)Cl)C1C(=O)Nc1nnc(SCc2ccccc2Cl)s1. The molecule has 138 valence electrons. The summed E-state index contributed by atoms with van der Waals surface area (Å²) in [6, 6.07) is 7.68. The lowest BCUT2D eigenvalue weighted by Gasteiger charge is -2.02. The lowest BCUT2D eigenvalue weighted by Crippen LogP contribution is -2.16. The van der Waals surface area contributed by atoms with E-state index in [1.807, 2.05) is 38.1 Å². The van der Waals surface area contributed by atoms with E-state index < -0.39 is 0 Å². The molecule has 1 N–H and O–H groups in total. The Morgan fingerprint density at radius 3 is 2.77 bits per heavy atom. The number of carbonyl (C=O) groups excluding carboxylic acids is 1. The molecule has 4 nitrogen and oxygen atoms in total. The lowest BCUT2D eigenvalue weighted by atomic mass is 10.1. The van der Waals surface area contributed by atoms with Crippen molar-refractivity contribution in [2.24, 2.45) is 17.3 Å². The van der Waals surface area contributed by atoms with Gasteiger partial charge >= 0.3 is 0 Å². The molecule has 1 heterocycles. The van der Waals surface area contributed by atoms with Gasteiger partial charge in [-0.05, 0) is 29.0 Å². The van der Waals surface area contributed by atoms with Crippen molar-refractivity contribution in [2.75, 3.05) is 5.32 Å². The predicted molar refractivity (Wildman–Crippen MR) is 110 cm³/mol. The Morgan fingerprint density at radius 1 is 1.35 bits per heavy atom. The molecule has 1 aromatic heterocycles. The molecule has 1 amide bonds. The Bertz CT molecular complexity index is 849. The molecule has 1 aromatic carbocycles. The highest BCUT2D eigenvalue weighted by molar-refractivity contribution is 8.00. The summed E-state index contributed by atoms with van der Waals surface area (Å²) in [4.78, 5) is 12.5. The number of halogens is 3. The van der Waals surface area contributed by atoms with E-state index >= 15 is 0 Å². The molecule has 0 bridgehead atoms. The van der Waals surface area contributed by atoms with Gasteiger partial charge in [0.25, 0.3) is 0 Å². The zero-order chi connectivity index (χ0) is 18.9. The van der Waals surface area contributed by atoms with Gasteiger partial charge in [-0.3, -0.25) is 4.79 Å². The van der Waals surface area contributed by atoms with Gasteiger partial charge in [0.1, 0.15) is 4.49 Å². The standard InChI is InChI=1S/C17H16Cl3N3OS2/c1-17(2)10(7-12(19)20)13(17)14(24)21-15-22-23-16(26-15)25-8-9-5-3-4-6-11(9)18/h3-7,10,13H,8H2,1-2H3,(H,21,22,24). The minimum absolute atomic E-state index is 0.0227. The Hall–Kier alpha value is -0.790. The Morgan fingerprint density at radius 2 is 2.08 bits per heavy atom. The summed E-state index contributed by atoms with van der Waals surface area (Å²) in [5, 5.41) is 12.2. The van der Waals surface area contributed by atoms with Gasteiger partial charge in [-0.2, -0.15) is 0 Å². The van der Waals surface area contributed by atoms with Crippen molar-refractivity contribution in [2.45, 2.75) is 23.9 Å². The van der Waals surface area contributed by atoms with E-state index in [1.54, 1.807) is 6.08 Å². The smallest absolute Gasteiger partial charge is 0.230 e. The molecule has 1 aliphatic carbocycles. The fourth-order valence-corrected chi connectivity index (χ4v) is 5.19. The van der Waals surface area contributed by atoms with Crippen LogP contribution in [0.5, 0.6) is 0 Å². The first-order valence-electron chi connectivity index (χ1n) is 7.82. The van der Waals surface area contributed by atoms with Crippen molar-refractivity contribution in [1.29, 1.82) is 0 Å². The van der Waals surface area contributed by atoms with Gasteiger partial charge in [0.2, 0.25) is 11.0 Å². The van der Waals surface area contributed by atoms with E-state index in [-0.39, 0.29) is 27.6 Å². The normalized spacial score (nSPS) is 20.5. The molecule has 0 aliphatic heterocycles. The van der Waals surface area contributed by atoms with Crippen LogP contribution in [0.15, 0.2) is 39.2 Å². The number of carbonyl (C=O) groups is 1. The van der Waals surface area contributed by atoms with Crippen LogP contribution in [0.2, 0.25) is 5.02 Å². The van der Waals surface area contributed by atoms with Crippen molar-refractivity contribution in [3.8, 4) is 0 Å². The molecule has 0 saturated heterocycles. The summed E-state index contributed by atoms with van der Waals surface area (Å²) >= 11 is 20.5. The van der Waals surface area contributed by atoms with Gasteiger partial charge in [0, 0.05) is 10.8 Å². The van der Waals surface area contributed by atoms with Gasteiger partial charge in [-0.1, -0.05) is 89.9 Å². The van der Waals surface area contributed by atoms with E-state index in [2.05, 4.69) is 15.5 Å². The molecule has 26 heavy (non-hydrogen) atoms. The lowest BCUT2D eigenvalue weighted by molar-refractivity contribution is -0.118. The maximum Gasteiger partial charge on any atom is 0.230 e. The molecule has 1 saturated carbocycles. The first kappa shape index (κ1) is 20.0. The zero-order valence-electron chi connectivity index (χ0n) is 14.0. The minimum Gasteiger partial charge on any atom is -0.300 e. The third-order valence-corrected chi connectivity index (χ3v) is 7.09. The summed E-state index contributed by atoms with van der Waals surface area (Å²) in [6.45, 7) is 4.03. The van der Waals surface area contributed by atoms with Crippen LogP contribution in [0.25, 0.3) is 0 Å². The second-order valence-electron chi connectivity index (χ2n) is 6.52. The molecular formula is C17H16Cl3N3OS2. The van der Waals surface area contributed by atoms with Crippen molar-refractivity contribution < 1.29 is 4.79 Å². The first-order chi connectivity index (χ1) is 12.3. The summed E-state index contributed by atoms with van der Waals surface area (Å²) in [7, 11) is 0. The molecule has 2 aromatic rings. The zero-order valence-corrected chi connectivity index (χ0v) is 17.9. The number of anilines is 1. The van der Waals surface area contributed by atoms with Crippen LogP contribution in [0.4, 0.5) is 5.13 Å². The number of rotatable bonds is 6. The van der Waals surface area contributed by atoms with Gasteiger partial charge in [-0.25, -0.2) is 0 Å². The van der Waals surface area contributed by atoms with Crippen LogP contribution < -0.4 is 5.32 Å². The number of hydrogen-bond acceptors (Lipinski definition) is 5. The van der Waals surface area contributed by atoms with E-state index in [0.717, 1.165) is 14.9 Å². The van der Waals surface area contributed by atoms with Gasteiger partial charge < -0.3 is 5.32 Å². The molecule has 9 heteroatoms. The quantitative estimate of drug-likeness (QED) is 0.434. The molecular weight excluding hydrogens is 433 g/mol. The van der Waals surface area contributed by atoms with Gasteiger partial charge in [0.05, 0.1) is 5.92 Å². The second-order valence-corrected chi connectivity index (χ2v) is 10.1. The molecule has 0 spiro atoms. The predicted octanol–water partition coefficient (Wildman–Crippen LogP) is 6.01. The summed E-state index contributed by atoms with van der Waals surface area (Å²) in [5.41, 5.74) is 0.859. The van der Waals surface area contributed by atoms with Gasteiger partial charge in [0.15, 0.2) is 4.34 Å². The average Bonchev–Trinajstić information content (AvgIpc) is 2.90. The fourth-order valence-electron chi connectivity index (χ4n) is 2.88. The maximum absolute atomic E-state index is 12.5. The fraction of sp³-hybridized carbons (Fsp3) is 0.353. The monoisotopic (exact) mass is 447 g/mol. The third-order valence-electron chi connectivity index (χ3n) is 4.44. The van der Waals surface area contributed by atoms with Crippen molar-refractivity contribution >= 4 is 68.9 Å². The molecule has 3 rings (SSSR count). The highest BCUT2D eigenvalue weighted by Crippen LogP contribution is 2.60. The van der Waals surface area contributed by atoms with Crippen molar-refractivity contribution in [3.63, 3.8) is 0 Å². The minimum atomic E-state index is -0.182. The summed E-state index contributed by atoms with van der Waals surface area (Å²) in [6.07, 6.45) is 1.72. The first-order valence-corrected chi connectivity index (χ1v) is 10.8. The number of aromatic nitrogens is 2. The Labute approximate surface area is 175 Å². The topological polar surface area (TPSA) is 54.9 Å². The Kier molecular flexibility index (Phi) is 6.19. The molecule has 1 fully saturated rings. The molecule has 2 unspecified atom stereocenters. The summed E-state index contributed by atoms with van der Waals surface area (Å²) < 4.78 is 0.961. The van der Waals surface area contributed by atoms with Crippen LogP contribution in [-0.2, 0) is 10.5 Å². The third kappa shape index (κ3) is 4.54. The van der Waals surface area contributed by atoms with Crippen molar-refractivity contribution in [3.05, 3.63) is 45.4 Å². The number of hydrogen-bond donors (Lipinski definition) is 1. The molecule has 1 aliphatic rings. The largest absolute Gasteiger partial charge is 0.300 e. The van der Waals surface area contributed by atoms with E-state index in [4.69, 9.17) is 34.8 Å². The van der Waals surface area contributed by atoms with Crippen LogP contribution in [0.1, 0.15) is 19.4 Å². The number of amides is 1. The average molecular weight is 449 g/mol. The highest BCUT2D eigenvalue weighted by Gasteiger charge is 2.60. The van der Waals surface area contributed by atoms with Crippen molar-refractivity contribution in [1.82, 2.24) is 10.2 Å². The maximum atomic E-state index is 12.5. The van der Waals surface area contributed by atoms with E-state index in [9.17, 15) is 4.79 Å². The summed E-state index contributed by atoms with van der Waals surface area (Å²) in [5.74, 6) is 0.441. The number of nitrogens with zero attached hydrogens (tertiary/aromatic N) is 2. The number of nitrogens with one attached hydrogen (secondary N) is 1. The number of thioether (sulfide) groups is 1. The van der Waals surface area contributed by atoms with Gasteiger partial charge in [-0.15, -0.1) is 10.2 Å². The van der Waals surface area contributed by atoms with Crippen LogP contribution >= 0.6 is 57.9 Å². The molecule has 0 radical (unpaired) electrons. The van der Waals surface area contributed by atoms with Crippen LogP contribution in [0.3, 0.4) is 0 Å². The van der Waals surface area contributed by atoms with Crippen LogP contribution in [0, 0.1) is 17.3 Å². The van der Waals surface area contributed by atoms with Crippen LogP contribution in [-0.4, -0.2) is 16.1 Å². The molecule has 2 atom stereocenters.